The highest BCUT2D eigenvalue weighted by molar-refractivity contribution is 7.21. The molecular weight excluding hydrogens is 753 g/mol. The Kier molecular flexibility index (Phi) is 8.13. The number of hydrogen-bond acceptors (Lipinski definition) is 5. The van der Waals surface area contributed by atoms with Gasteiger partial charge in [0.05, 0.1) is 21.3 Å². The van der Waals surface area contributed by atoms with Gasteiger partial charge in [0, 0.05) is 44.9 Å². The second kappa shape index (κ2) is 14.1. The first-order valence-electron chi connectivity index (χ1n) is 20.4. The minimum atomic E-state index is 0.253. The summed E-state index contributed by atoms with van der Waals surface area (Å²) in [6.07, 6.45) is 5.45. The van der Waals surface area contributed by atoms with Crippen molar-refractivity contribution in [2.45, 2.75) is 12.3 Å². The van der Waals surface area contributed by atoms with Crippen LogP contribution in [0, 0.1) is 0 Å². The summed E-state index contributed by atoms with van der Waals surface area (Å²) in [5.41, 5.74) is 15.1. The van der Waals surface area contributed by atoms with Crippen LogP contribution in [0.15, 0.2) is 210 Å². The summed E-state index contributed by atoms with van der Waals surface area (Å²) in [4.78, 5) is 7.47. The zero-order valence-electron chi connectivity index (χ0n) is 32.5. The van der Waals surface area contributed by atoms with E-state index < -0.39 is 0 Å². The predicted octanol–water partition coefficient (Wildman–Crippen LogP) is 15.5. The van der Waals surface area contributed by atoms with Crippen molar-refractivity contribution >= 4 is 66.1 Å². The van der Waals surface area contributed by atoms with Crippen molar-refractivity contribution in [1.29, 1.82) is 0 Å². The summed E-state index contributed by atoms with van der Waals surface area (Å²) < 4.78 is 14.1. The Morgan fingerprint density at radius 1 is 0.567 bits per heavy atom. The monoisotopic (exact) mass is 788 g/mol. The highest BCUT2D eigenvalue weighted by atomic mass is 32.1. The van der Waals surface area contributed by atoms with Crippen LogP contribution in [-0.2, 0) is 0 Å². The van der Waals surface area contributed by atoms with Crippen LogP contribution in [0.4, 0.5) is 17.1 Å². The molecule has 5 heteroatoms. The number of thiazole rings is 1. The number of anilines is 3. The standard InChI is InChI=1S/C55H36N2O2S/c1-3-12-36(13-4-1)42-16-7-9-20-47(42)57(41-29-24-37(25-30-41)43-18-11-19-45-44-17-8-10-21-48(44)59-54(43)45)40-27-22-35(23-28-40)39-26-31-46-50(34-39)58-49-32-33-51-53(52(46)49)56-55(60-51)38-14-5-2-6-15-38/h1-18,20-34,45H,19H2. The number of hydrogen-bond donors (Lipinski definition) is 0. The second-order valence-electron chi connectivity index (χ2n) is 15.4. The molecule has 0 bridgehead atoms. The fourth-order valence-corrected chi connectivity index (χ4v) is 9.98. The van der Waals surface area contributed by atoms with E-state index in [4.69, 9.17) is 14.1 Å². The number of fused-ring (bicyclic) bond motifs is 8. The lowest BCUT2D eigenvalue weighted by Crippen LogP contribution is -2.11. The number of furan rings is 1. The van der Waals surface area contributed by atoms with E-state index >= 15 is 0 Å². The minimum Gasteiger partial charge on any atom is -0.460 e. The predicted molar refractivity (Wildman–Crippen MR) is 248 cm³/mol. The maximum absolute atomic E-state index is 6.50. The molecule has 60 heavy (non-hydrogen) atoms. The molecule has 1 atom stereocenters. The highest BCUT2D eigenvalue weighted by Gasteiger charge is 2.33. The SMILES string of the molecule is C1=CC(c2ccc(N(c3ccc(-c4ccc5c(c4)oc4ccc6sc(-c7ccccc7)nc6c45)cc3)c3ccccc3-c3ccccc3)cc2)=C2Oc3ccccc3C2C1. The number of benzene rings is 8. The second-order valence-corrected chi connectivity index (χ2v) is 16.4. The van der Waals surface area contributed by atoms with Crippen LogP contribution in [0.2, 0.25) is 0 Å². The van der Waals surface area contributed by atoms with Crippen molar-refractivity contribution in [2.75, 3.05) is 4.90 Å². The van der Waals surface area contributed by atoms with Gasteiger partial charge in [0.25, 0.3) is 0 Å². The van der Waals surface area contributed by atoms with Gasteiger partial charge in [-0.25, -0.2) is 4.98 Å². The number of allylic oxidation sites excluding steroid dienone is 4. The van der Waals surface area contributed by atoms with E-state index in [0.29, 0.717) is 0 Å². The van der Waals surface area contributed by atoms with Crippen LogP contribution >= 0.6 is 11.3 Å². The molecule has 0 amide bonds. The number of rotatable bonds is 7. The van der Waals surface area contributed by atoms with E-state index in [2.05, 4.69) is 193 Å². The van der Waals surface area contributed by atoms with E-state index in [1.165, 1.54) is 11.1 Å². The Morgan fingerprint density at radius 3 is 2.05 bits per heavy atom. The van der Waals surface area contributed by atoms with Gasteiger partial charge in [-0.3, -0.25) is 0 Å². The van der Waals surface area contributed by atoms with Gasteiger partial charge in [-0.15, -0.1) is 11.3 Å². The molecule has 0 saturated carbocycles. The molecule has 0 saturated heterocycles. The maximum atomic E-state index is 6.50. The Balaban J connectivity index is 0.919. The maximum Gasteiger partial charge on any atom is 0.137 e. The van der Waals surface area contributed by atoms with Crippen molar-refractivity contribution in [1.82, 2.24) is 4.98 Å². The number of ether oxygens (including phenoxy) is 1. The van der Waals surface area contributed by atoms with Gasteiger partial charge in [0.2, 0.25) is 0 Å². The Hall–Kier alpha value is -7.47. The van der Waals surface area contributed by atoms with E-state index in [9.17, 15) is 0 Å². The molecule has 2 aromatic heterocycles. The molecule has 0 fully saturated rings. The van der Waals surface area contributed by atoms with Gasteiger partial charge in [0.15, 0.2) is 0 Å². The third-order valence-electron chi connectivity index (χ3n) is 11.9. The topological polar surface area (TPSA) is 38.5 Å². The summed E-state index contributed by atoms with van der Waals surface area (Å²) >= 11 is 1.72. The molecule has 1 unspecified atom stereocenters. The fourth-order valence-electron chi connectivity index (χ4n) is 9.00. The first kappa shape index (κ1) is 34.6. The van der Waals surface area contributed by atoms with Gasteiger partial charge < -0.3 is 14.1 Å². The summed E-state index contributed by atoms with van der Waals surface area (Å²) in [5, 5.41) is 3.16. The quantitative estimate of drug-likeness (QED) is 0.161. The van der Waals surface area contributed by atoms with Crippen molar-refractivity contribution in [3.05, 3.63) is 217 Å². The summed E-state index contributed by atoms with van der Waals surface area (Å²) in [6.45, 7) is 0. The highest BCUT2D eigenvalue weighted by Crippen LogP contribution is 2.49. The van der Waals surface area contributed by atoms with Gasteiger partial charge in [-0.1, -0.05) is 140 Å². The molecule has 1 aliphatic heterocycles. The molecular formula is C55H36N2O2S. The van der Waals surface area contributed by atoms with Crippen molar-refractivity contribution in [3.63, 3.8) is 0 Å². The van der Waals surface area contributed by atoms with Crippen LogP contribution < -0.4 is 9.64 Å². The molecule has 0 radical (unpaired) electrons. The average molecular weight is 789 g/mol. The van der Waals surface area contributed by atoms with Gasteiger partial charge >= 0.3 is 0 Å². The third-order valence-corrected chi connectivity index (χ3v) is 13.0. The van der Waals surface area contributed by atoms with E-state index in [0.717, 1.165) is 106 Å². The third kappa shape index (κ3) is 5.77. The number of aromatic nitrogens is 1. The van der Waals surface area contributed by atoms with E-state index in [1.54, 1.807) is 11.3 Å². The van der Waals surface area contributed by atoms with Crippen LogP contribution in [0.5, 0.6) is 5.75 Å². The lowest BCUT2D eigenvalue weighted by molar-refractivity contribution is 0.429. The van der Waals surface area contributed by atoms with Crippen LogP contribution in [-0.4, -0.2) is 4.98 Å². The molecule has 8 aromatic carbocycles. The van der Waals surface area contributed by atoms with Crippen LogP contribution in [0.1, 0.15) is 23.5 Å². The summed E-state index contributed by atoms with van der Waals surface area (Å²) in [5.74, 6) is 2.26. The molecule has 10 aromatic rings. The van der Waals surface area contributed by atoms with Gasteiger partial charge in [-0.2, -0.15) is 0 Å². The molecule has 12 rings (SSSR count). The Bertz CT molecular complexity index is 3310. The molecule has 0 spiro atoms. The average Bonchev–Trinajstić information content (AvgIpc) is 4.04. The Morgan fingerprint density at radius 2 is 1.25 bits per heavy atom. The summed E-state index contributed by atoms with van der Waals surface area (Å²) in [6, 6.07) is 66.6. The number of para-hydroxylation sites is 2. The van der Waals surface area contributed by atoms with E-state index in [1.807, 2.05) is 12.1 Å². The minimum absolute atomic E-state index is 0.253. The van der Waals surface area contributed by atoms with Crippen molar-refractivity contribution in [2.24, 2.45) is 0 Å². The lowest BCUT2D eigenvalue weighted by atomic mass is 9.87. The van der Waals surface area contributed by atoms with Crippen LogP contribution in [0.3, 0.4) is 0 Å². The molecule has 0 N–H and O–H groups in total. The molecule has 1 aliphatic carbocycles. The van der Waals surface area contributed by atoms with Crippen molar-refractivity contribution < 1.29 is 9.15 Å². The molecule has 284 valence electrons. The van der Waals surface area contributed by atoms with Gasteiger partial charge in [-0.05, 0) is 89.3 Å². The largest absolute Gasteiger partial charge is 0.460 e. The summed E-state index contributed by atoms with van der Waals surface area (Å²) in [7, 11) is 0. The zero-order valence-corrected chi connectivity index (χ0v) is 33.3. The molecule has 2 aliphatic rings. The molecule has 3 heterocycles. The van der Waals surface area contributed by atoms with Crippen LogP contribution in [0.25, 0.3) is 70.6 Å². The normalized spacial score (nSPS) is 14.4. The van der Waals surface area contributed by atoms with Gasteiger partial charge in [0.1, 0.15) is 27.7 Å². The first-order chi connectivity index (χ1) is 29.7. The Labute approximate surface area is 351 Å². The zero-order chi connectivity index (χ0) is 39.6. The lowest BCUT2D eigenvalue weighted by Gasteiger charge is -2.28. The first-order valence-corrected chi connectivity index (χ1v) is 21.2. The van der Waals surface area contributed by atoms with E-state index in [-0.39, 0.29) is 5.92 Å². The van der Waals surface area contributed by atoms with Crippen molar-refractivity contribution in [3.8, 4) is 38.6 Å². The smallest absolute Gasteiger partial charge is 0.137 e. The number of nitrogens with zero attached hydrogens (tertiary/aromatic N) is 2. The fraction of sp³-hybridized carbons (Fsp3) is 0.0364. The molecule has 4 nitrogen and oxygen atoms in total.